The maximum atomic E-state index is 12.5. The van der Waals surface area contributed by atoms with Gasteiger partial charge in [-0.2, -0.15) is 22.7 Å². The van der Waals surface area contributed by atoms with Crippen molar-refractivity contribution in [2.45, 2.75) is 26.4 Å². The zero-order chi connectivity index (χ0) is 18.4. The second kappa shape index (κ2) is 5.91. The van der Waals surface area contributed by atoms with E-state index in [-0.39, 0.29) is 28.8 Å². The van der Waals surface area contributed by atoms with Gasteiger partial charge in [-0.1, -0.05) is 11.3 Å². The van der Waals surface area contributed by atoms with Gasteiger partial charge in [-0.3, -0.25) is 4.79 Å². The van der Waals surface area contributed by atoms with E-state index in [4.69, 9.17) is 5.73 Å². The van der Waals surface area contributed by atoms with Crippen LogP contribution >= 0.6 is 11.3 Å². The first-order valence-electron chi connectivity index (χ1n) is 6.84. The van der Waals surface area contributed by atoms with Crippen LogP contribution in [0.2, 0.25) is 0 Å². The first kappa shape index (κ1) is 17.0. The van der Waals surface area contributed by atoms with Crippen molar-refractivity contribution in [3.8, 4) is 0 Å². The van der Waals surface area contributed by atoms with E-state index in [1.807, 2.05) is 0 Å². The van der Waals surface area contributed by atoms with Gasteiger partial charge in [0.15, 0.2) is 0 Å². The topological polar surface area (TPSA) is 124 Å². The molecule has 132 valence electrons. The van der Waals surface area contributed by atoms with E-state index in [1.165, 1.54) is 4.52 Å². The summed E-state index contributed by atoms with van der Waals surface area (Å²) in [6.07, 6.45) is -4.73. The number of hydrogen-bond acceptors (Lipinski definition) is 8. The summed E-state index contributed by atoms with van der Waals surface area (Å²) in [7, 11) is 0. The quantitative estimate of drug-likeness (QED) is 0.711. The zero-order valence-corrected chi connectivity index (χ0v) is 13.7. The maximum Gasteiger partial charge on any atom is 0.445 e. The van der Waals surface area contributed by atoms with E-state index in [0.717, 1.165) is 0 Å². The number of carbonyl (C=O) groups excluding carboxylic acids is 1. The van der Waals surface area contributed by atoms with Crippen LogP contribution in [0.25, 0.3) is 5.78 Å². The minimum atomic E-state index is -4.60. The summed E-state index contributed by atoms with van der Waals surface area (Å²) in [5, 5.41) is 11.2. The van der Waals surface area contributed by atoms with E-state index in [1.54, 1.807) is 13.8 Å². The number of nitrogen functional groups attached to an aromatic ring is 1. The normalized spacial score (nSPS) is 11.9. The maximum absolute atomic E-state index is 12.5. The molecule has 0 spiro atoms. The molecule has 0 aliphatic heterocycles. The third-order valence-electron chi connectivity index (χ3n) is 3.32. The molecule has 3 heterocycles. The number of carbonyl (C=O) groups is 1. The predicted octanol–water partition coefficient (Wildman–Crippen LogP) is 1.37. The number of halogens is 3. The number of amides is 1. The minimum absolute atomic E-state index is 0.0464. The highest BCUT2D eigenvalue weighted by molar-refractivity contribution is 7.15. The van der Waals surface area contributed by atoms with Crippen molar-refractivity contribution in [2.75, 3.05) is 11.1 Å². The molecule has 1 amide bonds. The van der Waals surface area contributed by atoms with Gasteiger partial charge in [-0.15, -0.1) is 15.3 Å². The van der Waals surface area contributed by atoms with Crippen molar-refractivity contribution < 1.29 is 18.0 Å². The van der Waals surface area contributed by atoms with Crippen molar-refractivity contribution in [3.63, 3.8) is 0 Å². The molecule has 13 heteroatoms. The van der Waals surface area contributed by atoms with E-state index in [2.05, 4.69) is 30.6 Å². The molecule has 3 rings (SSSR count). The first-order valence-corrected chi connectivity index (χ1v) is 7.65. The van der Waals surface area contributed by atoms with Crippen LogP contribution in [0.15, 0.2) is 0 Å². The second-order valence-electron chi connectivity index (χ2n) is 5.08. The van der Waals surface area contributed by atoms with Crippen molar-refractivity contribution in [3.05, 3.63) is 22.0 Å². The lowest BCUT2D eigenvalue weighted by Crippen LogP contribution is -2.17. The first-order chi connectivity index (χ1) is 11.6. The van der Waals surface area contributed by atoms with Gasteiger partial charge in [0, 0.05) is 17.0 Å². The van der Waals surface area contributed by atoms with Gasteiger partial charge in [-0.05, 0) is 13.8 Å². The predicted molar refractivity (Wildman–Crippen MR) is 81.9 cm³/mol. The van der Waals surface area contributed by atoms with Gasteiger partial charge in [0.05, 0.1) is 6.42 Å². The summed E-state index contributed by atoms with van der Waals surface area (Å²) in [4.78, 5) is 20.3. The largest absolute Gasteiger partial charge is 0.445 e. The van der Waals surface area contributed by atoms with Crippen LogP contribution in [-0.4, -0.2) is 35.7 Å². The molecule has 3 N–H and O–H groups in total. The fourth-order valence-corrected chi connectivity index (χ4v) is 2.82. The molecular formula is C12H11F3N8OS. The molecule has 0 radical (unpaired) electrons. The summed E-state index contributed by atoms with van der Waals surface area (Å²) in [6, 6.07) is 0. The van der Waals surface area contributed by atoms with E-state index in [9.17, 15) is 18.0 Å². The number of nitrogens with two attached hydrogens (primary N) is 1. The number of anilines is 2. The van der Waals surface area contributed by atoms with Gasteiger partial charge < -0.3 is 11.1 Å². The summed E-state index contributed by atoms with van der Waals surface area (Å²) in [6.45, 7) is 3.40. The van der Waals surface area contributed by atoms with Crippen LogP contribution in [0.5, 0.6) is 0 Å². The molecule has 3 aromatic rings. The molecule has 0 atom stereocenters. The Balaban J connectivity index is 1.81. The molecule has 0 fully saturated rings. The lowest BCUT2D eigenvalue weighted by molar-refractivity contribution is -0.138. The Hall–Kier alpha value is -2.83. The third-order valence-corrected chi connectivity index (χ3v) is 4.20. The number of rotatable bonds is 3. The fourth-order valence-electron chi connectivity index (χ4n) is 2.19. The van der Waals surface area contributed by atoms with Crippen LogP contribution < -0.4 is 11.1 Å². The Morgan fingerprint density at radius 1 is 1.28 bits per heavy atom. The molecule has 0 unspecified atom stereocenters. The number of hydrogen-bond donors (Lipinski definition) is 2. The monoisotopic (exact) mass is 372 g/mol. The molecular weight excluding hydrogens is 361 g/mol. The molecule has 0 bridgehead atoms. The molecule has 0 saturated carbocycles. The van der Waals surface area contributed by atoms with Gasteiger partial charge in [0.1, 0.15) is 0 Å². The fraction of sp³-hybridized carbons (Fsp3) is 0.333. The molecule has 0 aromatic carbocycles. The summed E-state index contributed by atoms with van der Waals surface area (Å²) in [5.74, 6) is -0.203. The third kappa shape index (κ3) is 3.35. The van der Waals surface area contributed by atoms with Gasteiger partial charge in [0.2, 0.25) is 22.0 Å². The molecule has 9 nitrogen and oxygen atoms in total. The Labute approximate surface area is 142 Å². The van der Waals surface area contributed by atoms with E-state index < -0.39 is 17.1 Å². The second-order valence-corrected chi connectivity index (χ2v) is 6.06. The highest BCUT2D eigenvalue weighted by Crippen LogP contribution is 2.33. The summed E-state index contributed by atoms with van der Waals surface area (Å²) in [5.41, 5.74) is 7.25. The van der Waals surface area contributed by atoms with E-state index in [0.29, 0.717) is 22.7 Å². The van der Waals surface area contributed by atoms with Gasteiger partial charge in [-0.25, -0.2) is 4.98 Å². The number of aromatic nitrogens is 6. The van der Waals surface area contributed by atoms with Crippen molar-refractivity contribution in [1.29, 1.82) is 0 Å². The summed E-state index contributed by atoms with van der Waals surface area (Å²) >= 11 is 0.254. The number of nitrogens with one attached hydrogen (secondary N) is 1. The van der Waals surface area contributed by atoms with Crippen molar-refractivity contribution in [2.24, 2.45) is 0 Å². The van der Waals surface area contributed by atoms with Crippen LogP contribution in [-0.2, 0) is 17.4 Å². The number of alkyl halides is 3. The van der Waals surface area contributed by atoms with Crippen LogP contribution in [0, 0.1) is 13.8 Å². The standard InChI is InChI=1S/C12H11F3N8OS/c1-4-6(5(2)23-10(17-4)19-9(16)22-23)3-7(24)18-11-21-20-8(25-11)12(13,14)15/h3H2,1-2H3,(H2,16,22)(H,18,21,24). The van der Waals surface area contributed by atoms with Gasteiger partial charge in [0.25, 0.3) is 5.78 Å². The number of fused-ring (bicyclic) bond motifs is 1. The number of nitrogens with zero attached hydrogens (tertiary/aromatic N) is 6. The highest BCUT2D eigenvalue weighted by Gasteiger charge is 2.35. The van der Waals surface area contributed by atoms with Crippen molar-refractivity contribution >= 4 is 34.1 Å². The van der Waals surface area contributed by atoms with Crippen molar-refractivity contribution in [1.82, 2.24) is 29.8 Å². The smallest absolute Gasteiger partial charge is 0.366 e. The molecule has 0 aliphatic rings. The average molecular weight is 372 g/mol. The Morgan fingerprint density at radius 2 is 2.00 bits per heavy atom. The Kier molecular flexibility index (Phi) is 4.02. The molecule has 25 heavy (non-hydrogen) atoms. The summed E-state index contributed by atoms with van der Waals surface area (Å²) < 4.78 is 38.9. The average Bonchev–Trinajstić information content (AvgIpc) is 3.09. The SMILES string of the molecule is Cc1nc2nc(N)nn2c(C)c1CC(=O)Nc1nnc(C(F)(F)F)s1. The Morgan fingerprint density at radius 3 is 2.64 bits per heavy atom. The lowest BCUT2D eigenvalue weighted by atomic mass is 10.1. The van der Waals surface area contributed by atoms with Crippen LogP contribution in [0.3, 0.4) is 0 Å². The molecule has 0 aliphatic carbocycles. The Bertz CT molecular complexity index is 963. The van der Waals surface area contributed by atoms with Gasteiger partial charge >= 0.3 is 6.18 Å². The highest BCUT2D eigenvalue weighted by atomic mass is 32.1. The van der Waals surface area contributed by atoms with E-state index >= 15 is 0 Å². The zero-order valence-electron chi connectivity index (χ0n) is 12.9. The minimum Gasteiger partial charge on any atom is -0.366 e. The lowest BCUT2D eigenvalue weighted by Gasteiger charge is -2.09. The van der Waals surface area contributed by atoms with Crippen LogP contribution in [0.1, 0.15) is 22.0 Å². The molecule has 0 saturated heterocycles. The number of aryl methyl sites for hydroxylation is 2. The van der Waals surface area contributed by atoms with Crippen LogP contribution in [0.4, 0.5) is 24.3 Å². The molecule has 3 aromatic heterocycles.